The standard InChI is InChI=1S/C25H26F3NO4S2/c1-15-13-21(33-24(3,4)22(30)31-5)16(2)12-20(15)32-10-11-34-23-29-19(14-35-23)17-6-8-18(9-7-17)25(26,27)28/h6-9,12-14H,10-11H2,1-5H3. The molecule has 188 valence electrons. The normalized spacial score (nSPS) is 11.9. The molecule has 0 atom stereocenters. The lowest BCUT2D eigenvalue weighted by Crippen LogP contribution is -2.39. The van der Waals surface area contributed by atoms with Crippen molar-refractivity contribution in [1.29, 1.82) is 0 Å². The molecule has 0 fully saturated rings. The van der Waals surface area contributed by atoms with Crippen LogP contribution in [0.4, 0.5) is 13.2 Å². The lowest BCUT2D eigenvalue weighted by Gasteiger charge is -2.25. The number of carbonyl (C=O) groups excluding carboxylic acids is 1. The number of carbonyl (C=O) groups is 1. The highest BCUT2D eigenvalue weighted by Crippen LogP contribution is 2.33. The second-order valence-electron chi connectivity index (χ2n) is 8.26. The van der Waals surface area contributed by atoms with Gasteiger partial charge in [-0.05, 0) is 63.1 Å². The Balaban J connectivity index is 1.55. The molecule has 0 aliphatic rings. The van der Waals surface area contributed by atoms with Crippen LogP contribution in [0.3, 0.4) is 0 Å². The van der Waals surface area contributed by atoms with Crippen molar-refractivity contribution >= 4 is 29.1 Å². The minimum Gasteiger partial charge on any atom is -0.492 e. The number of rotatable bonds is 9. The van der Waals surface area contributed by atoms with Crippen molar-refractivity contribution in [2.45, 2.75) is 43.8 Å². The zero-order valence-electron chi connectivity index (χ0n) is 20.0. The Morgan fingerprint density at radius 3 is 2.31 bits per heavy atom. The first-order valence-corrected chi connectivity index (χ1v) is 12.5. The first-order chi connectivity index (χ1) is 16.4. The number of esters is 1. The van der Waals surface area contributed by atoms with Gasteiger partial charge in [-0.2, -0.15) is 13.2 Å². The molecule has 0 bridgehead atoms. The lowest BCUT2D eigenvalue weighted by atomic mass is 10.1. The van der Waals surface area contributed by atoms with Crippen LogP contribution in [0.5, 0.6) is 11.5 Å². The van der Waals surface area contributed by atoms with Gasteiger partial charge in [-0.15, -0.1) is 11.3 Å². The molecule has 5 nitrogen and oxygen atoms in total. The predicted octanol–water partition coefficient (Wildman–Crippen LogP) is 6.95. The van der Waals surface area contributed by atoms with Crippen molar-refractivity contribution in [1.82, 2.24) is 4.98 Å². The highest BCUT2D eigenvalue weighted by atomic mass is 32.2. The van der Waals surface area contributed by atoms with Gasteiger partial charge in [0.05, 0.1) is 25.0 Å². The molecule has 0 radical (unpaired) electrons. The topological polar surface area (TPSA) is 57.7 Å². The van der Waals surface area contributed by atoms with Crippen LogP contribution >= 0.6 is 23.1 Å². The number of aromatic nitrogens is 1. The van der Waals surface area contributed by atoms with Crippen molar-refractivity contribution in [2.75, 3.05) is 19.5 Å². The van der Waals surface area contributed by atoms with Gasteiger partial charge in [0, 0.05) is 16.7 Å². The summed E-state index contributed by atoms with van der Waals surface area (Å²) in [5.41, 5.74) is 1.19. The molecule has 1 heterocycles. The quantitative estimate of drug-likeness (QED) is 0.171. The van der Waals surface area contributed by atoms with Crippen LogP contribution in [0, 0.1) is 13.8 Å². The number of hydrogen-bond donors (Lipinski definition) is 0. The molecular formula is C25H26F3NO4S2. The summed E-state index contributed by atoms with van der Waals surface area (Å²) >= 11 is 2.95. The van der Waals surface area contributed by atoms with E-state index in [2.05, 4.69) is 4.98 Å². The number of alkyl halides is 3. The molecule has 10 heteroatoms. The van der Waals surface area contributed by atoms with Crippen LogP contribution < -0.4 is 9.47 Å². The maximum atomic E-state index is 12.7. The van der Waals surface area contributed by atoms with Gasteiger partial charge in [0.15, 0.2) is 9.94 Å². The fourth-order valence-electron chi connectivity index (χ4n) is 3.16. The maximum absolute atomic E-state index is 12.7. The monoisotopic (exact) mass is 525 g/mol. The van der Waals surface area contributed by atoms with Crippen molar-refractivity contribution < 1.29 is 32.2 Å². The smallest absolute Gasteiger partial charge is 0.416 e. The third kappa shape index (κ3) is 6.91. The average Bonchev–Trinajstić information content (AvgIpc) is 3.27. The Hall–Kier alpha value is -2.72. The van der Waals surface area contributed by atoms with E-state index in [-0.39, 0.29) is 0 Å². The summed E-state index contributed by atoms with van der Waals surface area (Å²) in [5, 5.41) is 1.83. The molecule has 0 saturated heterocycles. The predicted molar refractivity (Wildman–Crippen MR) is 131 cm³/mol. The van der Waals surface area contributed by atoms with Gasteiger partial charge in [-0.3, -0.25) is 0 Å². The number of benzene rings is 2. The zero-order valence-corrected chi connectivity index (χ0v) is 21.6. The van der Waals surface area contributed by atoms with Crippen LogP contribution in [-0.4, -0.2) is 36.0 Å². The molecule has 0 saturated carbocycles. The lowest BCUT2D eigenvalue weighted by molar-refractivity contribution is -0.156. The fourth-order valence-corrected chi connectivity index (χ4v) is 4.88. The SMILES string of the molecule is COC(=O)C(C)(C)Oc1cc(C)c(OCCSc2nc(-c3ccc(C(F)(F)F)cc3)cs2)cc1C. The van der Waals surface area contributed by atoms with Gasteiger partial charge >= 0.3 is 12.1 Å². The van der Waals surface area contributed by atoms with Gasteiger partial charge < -0.3 is 14.2 Å². The summed E-state index contributed by atoms with van der Waals surface area (Å²) in [5.74, 6) is 1.48. The molecule has 3 aromatic rings. The van der Waals surface area contributed by atoms with Crippen LogP contribution in [0.1, 0.15) is 30.5 Å². The number of ether oxygens (including phenoxy) is 3. The van der Waals surface area contributed by atoms with E-state index >= 15 is 0 Å². The van der Waals surface area contributed by atoms with Crippen molar-refractivity contribution in [2.24, 2.45) is 0 Å². The molecule has 0 N–H and O–H groups in total. The molecule has 0 aliphatic heterocycles. The van der Waals surface area contributed by atoms with Crippen molar-refractivity contribution in [3.8, 4) is 22.8 Å². The maximum Gasteiger partial charge on any atom is 0.416 e. The molecule has 35 heavy (non-hydrogen) atoms. The molecule has 0 aliphatic carbocycles. The van der Waals surface area contributed by atoms with Crippen molar-refractivity contribution in [3.63, 3.8) is 0 Å². The summed E-state index contributed by atoms with van der Waals surface area (Å²) in [6.45, 7) is 7.51. The third-order valence-corrected chi connectivity index (χ3v) is 7.06. The van der Waals surface area contributed by atoms with Gasteiger partial charge in [-0.25, -0.2) is 9.78 Å². The number of nitrogens with zero attached hydrogens (tertiary/aromatic N) is 1. The van der Waals surface area contributed by atoms with Gasteiger partial charge in [-0.1, -0.05) is 23.9 Å². The Kier molecular flexibility index (Phi) is 8.38. The number of hydrogen-bond acceptors (Lipinski definition) is 7. The third-order valence-electron chi connectivity index (χ3n) is 5.07. The van der Waals surface area contributed by atoms with E-state index in [0.29, 0.717) is 29.4 Å². The minimum absolute atomic E-state index is 0.438. The zero-order chi connectivity index (χ0) is 25.8. The summed E-state index contributed by atoms with van der Waals surface area (Å²) in [7, 11) is 1.32. The van der Waals surface area contributed by atoms with E-state index in [1.165, 1.54) is 42.3 Å². The summed E-state index contributed by atoms with van der Waals surface area (Å²) in [6.07, 6.45) is -4.36. The summed E-state index contributed by atoms with van der Waals surface area (Å²) in [4.78, 5) is 16.4. The highest BCUT2D eigenvalue weighted by Gasteiger charge is 2.32. The Morgan fingerprint density at radius 2 is 1.69 bits per heavy atom. The highest BCUT2D eigenvalue weighted by molar-refractivity contribution is 8.01. The largest absolute Gasteiger partial charge is 0.492 e. The molecule has 2 aromatic carbocycles. The van der Waals surface area contributed by atoms with Crippen LogP contribution in [0.15, 0.2) is 46.1 Å². The summed E-state index contributed by atoms with van der Waals surface area (Å²) in [6, 6.07) is 8.69. The van der Waals surface area contributed by atoms with Gasteiger partial charge in [0.25, 0.3) is 0 Å². The molecule has 0 amide bonds. The molecule has 0 unspecified atom stereocenters. The van der Waals surface area contributed by atoms with E-state index in [4.69, 9.17) is 14.2 Å². The number of aryl methyl sites for hydroxylation is 2. The molecule has 1 aromatic heterocycles. The van der Waals surface area contributed by atoms with Crippen LogP contribution in [0.25, 0.3) is 11.3 Å². The Labute approximate surface area is 210 Å². The van der Waals surface area contributed by atoms with E-state index in [1.807, 2.05) is 31.4 Å². The van der Waals surface area contributed by atoms with Crippen molar-refractivity contribution in [3.05, 3.63) is 58.5 Å². The van der Waals surface area contributed by atoms with E-state index in [9.17, 15) is 18.0 Å². The van der Waals surface area contributed by atoms with Crippen LogP contribution in [-0.2, 0) is 15.7 Å². The second-order valence-corrected chi connectivity index (χ2v) is 10.5. The van der Waals surface area contributed by atoms with E-state index in [0.717, 1.165) is 33.3 Å². The number of thioether (sulfide) groups is 1. The average molecular weight is 526 g/mol. The van der Waals surface area contributed by atoms with Crippen LogP contribution in [0.2, 0.25) is 0 Å². The Bertz CT molecular complexity index is 1170. The van der Waals surface area contributed by atoms with E-state index < -0.39 is 23.3 Å². The fraction of sp³-hybridized carbons (Fsp3) is 0.360. The number of thiazole rings is 1. The molecule has 0 spiro atoms. The first kappa shape index (κ1) is 26.9. The summed E-state index contributed by atoms with van der Waals surface area (Å²) < 4.78 is 55.6. The minimum atomic E-state index is -4.36. The second kappa shape index (κ2) is 10.9. The molecular weight excluding hydrogens is 499 g/mol. The number of halogens is 3. The Morgan fingerprint density at radius 1 is 1.06 bits per heavy atom. The van der Waals surface area contributed by atoms with E-state index in [1.54, 1.807) is 13.8 Å². The van der Waals surface area contributed by atoms with Gasteiger partial charge in [0.1, 0.15) is 11.5 Å². The molecule has 3 rings (SSSR count). The first-order valence-electron chi connectivity index (χ1n) is 10.7. The number of methoxy groups -OCH3 is 1. The van der Waals surface area contributed by atoms with Gasteiger partial charge in [0.2, 0.25) is 0 Å².